The number of rotatable bonds is 6. The van der Waals surface area contributed by atoms with Crippen molar-refractivity contribution >= 4 is 32.6 Å². The lowest BCUT2D eigenvalue weighted by Gasteiger charge is -2.18. The number of nitrogens with zero attached hydrogens (tertiary/aromatic N) is 2. The molecule has 1 saturated heterocycles. The van der Waals surface area contributed by atoms with Gasteiger partial charge < -0.3 is 9.47 Å². The zero-order valence-electron chi connectivity index (χ0n) is 15.3. The summed E-state index contributed by atoms with van der Waals surface area (Å²) >= 11 is 1.53. The van der Waals surface area contributed by atoms with E-state index in [1.165, 1.54) is 11.3 Å². The fraction of sp³-hybridized carbons (Fsp3) is 0.333. The average molecular weight is 382 g/mol. The molecule has 1 aliphatic heterocycles. The molecule has 2 aromatic carbocycles. The fourth-order valence-electron chi connectivity index (χ4n) is 3.18. The van der Waals surface area contributed by atoms with Crippen molar-refractivity contribution in [2.24, 2.45) is 0 Å². The monoisotopic (exact) mass is 382 g/mol. The van der Waals surface area contributed by atoms with Crippen LogP contribution in [0.3, 0.4) is 0 Å². The van der Waals surface area contributed by atoms with Crippen molar-refractivity contribution in [1.82, 2.24) is 4.98 Å². The molecule has 1 amide bonds. The first-order chi connectivity index (χ1) is 13.2. The van der Waals surface area contributed by atoms with Crippen LogP contribution in [0.2, 0.25) is 0 Å². The number of hydrogen-bond acceptors (Lipinski definition) is 5. The Labute approximate surface area is 162 Å². The second-order valence-electron chi connectivity index (χ2n) is 6.49. The van der Waals surface area contributed by atoms with Crippen LogP contribution < -0.4 is 9.64 Å². The van der Waals surface area contributed by atoms with Crippen LogP contribution in [0.15, 0.2) is 48.5 Å². The third-order valence-corrected chi connectivity index (χ3v) is 5.68. The van der Waals surface area contributed by atoms with Gasteiger partial charge in [-0.3, -0.25) is 9.69 Å². The molecule has 0 spiro atoms. The molecule has 3 aromatic rings. The highest BCUT2D eigenvalue weighted by atomic mass is 32.1. The Morgan fingerprint density at radius 2 is 2.19 bits per heavy atom. The van der Waals surface area contributed by atoms with E-state index in [0.717, 1.165) is 34.8 Å². The van der Waals surface area contributed by atoms with Gasteiger partial charge in [0.1, 0.15) is 12.4 Å². The summed E-state index contributed by atoms with van der Waals surface area (Å²) in [6, 6.07) is 15.3. The van der Waals surface area contributed by atoms with Gasteiger partial charge >= 0.3 is 0 Å². The second-order valence-corrected chi connectivity index (χ2v) is 7.50. The molecule has 0 unspecified atom stereocenters. The number of thiazole rings is 1. The molecule has 1 aliphatic rings. The number of carbonyl (C=O) groups is 1. The molecule has 5 nitrogen and oxygen atoms in total. The van der Waals surface area contributed by atoms with Crippen LogP contribution in [0.25, 0.3) is 10.2 Å². The topological polar surface area (TPSA) is 51.7 Å². The largest absolute Gasteiger partial charge is 0.491 e. The molecule has 0 N–H and O–H groups in total. The predicted molar refractivity (Wildman–Crippen MR) is 108 cm³/mol. The molecule has 1 atom stereocenters. The number of anilines is 1. The minimum atomic E-state index is -0.0703. The van der Waals surface area contributed by atoms with Gasteiger partial charge in [0, 0.05) is 18.7 Å². The maximum Gasteiger partial charge on any atom is 0.260 e. The number of carbonyl (C=O) groups excluding carboxylic acids is 1. The van der Waals surface area contributed by atoms with E-state index in [1.54, 1.807) is 11.0 Å². The van der Waals surface area contributed by atoms with Gasteiger partial charge in [0.05, 0.1) is 16.3 Å². The third kappa shape index (κ3) is 3.96. The first-order valence-corrected chi connectivity index (χ1v) is 10.1. The molecule has 27 heavy (non-hydrogen) atoms. The molecule has 6 heteroatoms. The second kappa shape index (κ2) is 8.06. The van der Waals surface area contributed by atoms with Gasteiger partial charge in [0.2, 0.25) is 0 Å². The summed E-state index contributed by atoms with van der Waals surface area (Å²) in [5.41, 5.74) is 1.51. The molecular formula is C21H22N2O3S. The van der Waals surface area contributed by atoms with Gasteiger partial charge in [0.25, 0.3) is 5.91 Å². The first-order valence-electron chi connectivity index (χ1n) is 9.26. The Bertz CT molecular complexity index is 901. The molecule has 1 fully saturated rings. The van der Waals surface area contributed by atoms with Crippen LogP contribution in [0.1, 0.15) is 30.1 Å². The Balaban J connectivity index is 1.52. The Hall–Kier alpha value is -2.44. The maximum atomic E-state index is 13.1. The van der Waals surface area contributed by atoms with Gasteiger partial charge in [-0.15, -0.1) is 0 Å². The smallest absolute Gasteiger partial charge is 0.260 e. The normalized spacial score (nSPS) is 16.6. The summed E-state index contributed by atoms with van der Waals surface area (Å²) in [5.74, 6) is 0.621. The van der Waals surface area contributed by atoms with Gasteiger partial charge in [-0.25, -0.2) is 4.98 Å². The van der Waals surface area contributed by atoms with E-state index in [9.17, 15) is 4.79 Å². The zero-order chi connectivity index (χ0) is 18.6. The number of amides is 1. The van der Waals surface area contributed by atoms with Crippen LogP contribution in [-0.2, 0) is 4.74 Å². The molecule has 140 valence electrons. The van der Waals surface area contributed by atoms with Crippen molar-refractivity contribution in [3.63, 3.8) is 0 Å². The van der Waals surface area contributed by atoms with Crippen LogP contribution >= 0.6 is 11.3 Å². The van der Waals surface area contributed by atoms with Crippen molar-refractivity contribution in [2.45, 2.75) is 25.9 Å². The van der Waals surface area contributed by atoms with Crippen molar-refractivity contribution in [3.8, 4) is 5.75 Å². The predicted octanol–water partition coefficient (Wildman–Crippen LogP) is 4.52. The van der Waals surface area contributed by atoms with E-state index < -0.39 is 0 Å². The van der Waals surface area contributed by atoms with E-state index in [1.807, 2.05) is 49.4 Å². The number of para-hydroxylation sites is 1. The summed E-state index contributed by atoms with van der Waals surface area (Å²) in [5, 5.41) is 0.717. The van der Waals surface area contributed by atoms with Crippen molar-refractivity contribution in [3.05, 3.63) is 54.1 Å². The van der Waals surface area contributed by atoms with Crippen LogP contribution in [0.4, 0.5) is 5.13 Å². The highest BCUT2D eigenvalue weighted by molar-refractivity contribution is 7.22. The molecular weight excluding hydrogens is 360 g/mol. The van der Waals surface area contributed by atoms with Gasteiger partial charge in [-0.05, 0) is 50.1 Å². The molecule has 0 bridgehead atoms. The summed E-state index contributed by atoms with van der Waals surface area (Å²) < 4.78 is 12.5. The van der Waals surface area contributed by atoms with E-state index in [2.05, 4.69) is 4.98 Å². The van der Waals surface area contributed by atoms with Crippen molar-refractivity contribution in [2.75, 3.05) is 24.7 Å². The van der Waals surface area contributed by atoms with Crippen molar-refractivity contribution in [1.29, 1.82) is 0 Å². The third-order valence-electron chi connectivity index (χ3n) is 4.62. The number of benzene rings is 2. The maximum absolute atomic E-state index is 13.1. The summed E-state index contributed by atoms with van der Waals surface area (Å²) in [7, 11) is 0. The standard InChI is InChI=1S/C21H22N2O3S/c1-2-23(21-22-18-10-3-4-11-19(18)27-21)20(24)15-7-5-8-16(13-15)26-14-17-9-6-12-25-17/h3-5,7-8,10-11,13,17H,2,6,9,12,14H2,1H3/t17-/m0/s1. The minimum Gasteiger partial charge on any atom is -0.491 e. The summed E-state index contributed by atoms with van der Waals surface area (Å²) in [6.07, 6.45) is 2.26. The molecule has 0 radical (unpaired) electrons. The minimum absolute atomic E-state index is 0.0703. The highest BCUT2D eigenvalue weighted by Crippen LogP contribution is 2.29. The molecule has 1 aromatic heterocycles. The highest BCUT2D eigenvalue weighted by Gasteiger charge is 2.21. The number of aromatic nitrogens is 1. The molecule has 4 rings (SSSR count). The molecule has 0 saturated carbocycles. The number of ether oxygens (including phenoxy) is 2. The molecule has 2 heterocycles. The number of fused-ring (bicyclic) bond motifs is 1. The lowest BCUT2D eigenvalue weighted by molar-refractivity contribution is 0.0679. The summed E-state index contributed by atoms with van der Waals surface area (Å²) in [4.78, 5) is 19.4. The van der Waals surface area contributed by atoms with E-state index >= 15 is 0 Å². The van der Waals surface area contributed by atoms with Gasteiger partial charge in [-0.2, -0.15) is 0 Å². The quantitative estimate of drug-likeness (QED) is 0.629. The Morgan fingerprint density at radius 3 is 2.96 bits per heavy atom. The lowest BCUT2D eigenvalue weighted by atomic mass is 10.2. The Morgan fingerprint density at radius 1 is 1.30 bits per heavy atom. The summed E-state index contributed by atoms with van der Waals surface area (Å²) in [6.45, 7) is 3.84. The van der Waals surface area contributed by atoms with Crippen LogP contribution in [-0.4, -0.2) is 36.8 Å². The molecule has 0 aliphatic carbocycles. The Kier molecular flexibility index (Phi) is 5.36. The van der Waals surface area contributed by atoms with E-state index in [-0.39, 0.29) is 12.0 Å². The first kappa shape index (κ1) is 17.9. The number of hydrogen-bond donors (Lipinski definition) is 0. The van der Waals surface area contributed by atoms with Crippen LogP contribution in [0, 0.1) is 0 Å². The van der Waals surface area contributed by atoms with E-state index in [0.29, 0.717) is 24.5 Å². The van der Waals surface area contributed by atoms with Crippen LogP contribution in [0.5, 0.6) is 5.75 Å². The lowest BCUT2D eigenvalue weighted by Crippen LogP contribution is -2.30. The SMILES string of the molecule is CCN(C(=O)c1cccc(OC[C@@H]2CCCO2)c1)c1nc2ccccc2s1. The average Bonchev–Trinajstić information content (AvgIpc) is 3.36. The van der Waals surface area contributed by atoms with E-state index in [4.69, 9.17) is 9.47 Å². The zero-order valence-corrected chi connectivity index (χ0v) is 16.1. The van der Waals surface area contributed by atoms with Gasteiger partial charge in [0.15, 0.2) is 5.13 Å². The van der Waals surface area contributed by atoms with Crippen molar-refractivity contribution < 1.29 is 14.3 Å². The van der Waals surface area contributed by atoms with Gasteiger partial charge in [-0.1, -0.05) is 29.5 Å². The fourth-order valence-corrected chi connectivity index (χ4v) is 4.21.